The Morgan fingerprint density at radius 1 is 1.63 bits per heavy atom. The smallest absolute Gasteiger partial charge is 0.406 e. The lowest BCUT2D eigenvalue weighted by molar-refractivity contribution is 0.144. The molecule has 3 N–H and O–H groups in total. The number of hydrogen-bond acceptors (Lipinski definition) is 5. The van der Waals surface area contributed by atoms with Gasteiger partial charge < -0.3 is 19.7 Å². The second kappa shape index (κ2) is 6.96. The predicted molar refractivity (Wildman–Crippen MR) is 77.0 cm³/mol. The van der Waals surface area contributed by atoms with E-state index in [4.69, 9.17) is 9.49 Å². The van der Waals surface area contributed by atoms with Crippen LogP contribution in [-0.4, -0.2) is 38.3 Å². The van der Waals surface area contributed by atoms with E-state index in [1.165, 1.54) is 5.56 Å². The molecule has 2 rings (SSSR count). The Morgan fingerprint density at radius 2 is 2.42 bits per heavy atom. The second-order valence-corrected chi connectivity index (χ2v) is 4.67. The van der Waals surface area contributed by atoms with E-state index in [9.17, 15) is 5.02 Å². The highest BCUT2D eigenvalue weighted by Crippen LogP contribution is 2.20. The zero-order chi connectivity index (χ0) is 13.7. The number of hydrogen-bond donors (Lipinski definition) is 3. The van der Waals surface area contributed by atoms with Gasteiger partial charge in [-0.15, -0.1) is 0 Å². The number of nitrogens with one attached hydrogen (secondary N) is 2. The summed E-state index contributed by atoms with van der Waals surface area (Å²) in [7, 11) is 1.05. The molecule has 1 heterocycles. The van der Waals surface area contributed by atoms with E-state index in [1.54, 1.807) is 14.3 Å². The maximum absolute atomic E-state index is 9.33. The molecule has 1 saturated heterocycles. The first kappa shape index (κ1) is 14.4. The molecule has 101 valence electrons. The molecule has 5 nitrogen and oxygen atoms in total. The van der Waals surface area contributed by atoms with Crippen LogP contribution in [0.1, 0.15) is 5.56 Å². The second-order valence-electron chi connectivity index (χ2n) is 4.67. The summed E-state index contributed by atoms with van der Waals surface area (Å²) in [6.07, 6.45) is 1.03. The van der Waals surface area contributed by atoms with Gasteiger partial charge in [-0.2, -0.15) is 0 Å². The lowest BCUT2D eigenvalue weighted by Crippen LogP contribution is -2.36. The van der Waals surface area contributed by atoms with Crippen LogP contribution in [0.3, 0.4) is 0 Å². The minimum absolute atomic E-state index is 0.137. The fraction of sp³-hybridized carbons (Fsp3) is 0.500. The molecule has 2 atom stereocenters. The van der Waals surface area contributed by atoms with E-state index in [-0.39, 0.29) is 12.1 Å². The van der Waals surface area contributed by atoms with Gasteiger partial charge in [0.15, 0.2) is 0 Å². The van der Waals surface area contributed by atoms with Gasteiger partial charge in [0.25, 0.3) is 0 Å². The van der Waals surface area contributed by atoms with Crippen LogP contribution < -0.4 is 10.7 Å². The third kappa shape index (κ3) is 4.87. The first-order chi connectivity index (χ1) is 9.19. The quantitative estimate of drug-likeness (QED) is 0.365. The van der Waals surface area contributed by atoms with Gasteiger partial charge in [-0.3, -0.25) is 0 Å². The predicted octanol–water partition coefficient (Wildman–Crippen LogP) is 0.707. The van der Waals surface area contributed by atoms with Crippen LogP contribution in [-0.2, 0) is 15.9 Å². The summed E-state index contributed by atoms with van der Waals surface area (Å²) in [5, 5.41) is 12.3. The van der Waals surface area contributed by atoms with Gasteiger partial charge in [0.05, 0.1) is 18.8 Å². The summed E-state index contributed by atoms with van der Waals surface area (Å²) in [5.41, 5.74) is 5.06. The maximum Gasteiger partial charge on any atom is 0.406 e. The monoisotopic (exact) mass is 261 g/mol. The Hall–Kier alpha value is -1.01. The molecule has 19 heavy (non-hydrogen) atoms. The summed E-state index contributed by atoms with van der Waals surface area (Å²) in [6.45, 7) is 4.29. The van der Waals surface area contributed by atoms with Crippen molar-refractivity contribution in [3.8, 4) is 0 Å². The van der Waals surface area contributed by atoms with Gasteiger partial charge in [-0.1, -0.05) is 19.0 Å². The fourth-order valence-electron chi connectivity index (χ4n) is 1.98. The molecule has 7 heteroatoms. The van der Waals surface area contributed by atoms with Gasteiger partial charge in [0.1, 0.15) is 0 Å². The van der Waals surface area contributed by atoms with Crippen LogP contribution in [0.25, 0.3) is 0 Å². The first-order valence-corrected chi connectivity index (χ1v) is 6.53. The Kier molecular flexibility index (Phi) is 5.27. The van der Waals surface area contributed by atoms with Crippen molar-refractivity contribution in [2.24, 2.45) is 0 Å². The van der Waals surface area contributed by atoms with Crippen molar-refractivity contribution in [1.82, 2.24) is 5.48 Å². The molecule has 1 radical (unpaired) electrons. The molecule has 1 aliphatic rings. The van der Waals surface area contributed by atoms with Crippen molar-refractivity contribution in [3.63, 3.8) is 0 Å². The SMILES string of the molecule is C[B]ON[C@@H](Cc1cccc(NB(C)O)c1)[C@H]1CO1. The highest BCUT2D eigenvalue weighted by molar-refractivity contribution is 6.52. The number of epoxide rings is 1. The largest absolute Gasteiger partial charge is 0.433 e. The van der Waals surface area contributed by atoms with E-state index >= 15 is 0 Å². The molecule has 0 bridgehead atoms. The average molecular weight is 261 g/mol. The van der Waals surface area contributed by atoms with Crippen molar-refractivity contribution < 1.29 is 14.5 Å². The molecule has 1 aliphatic heterocycles. The lowest BCUT2D eigenvalue weighted by Gasteiger charge is -2.17. The Labute approximate surface area is 115 Å². The number of benzene rings is 1. The molecule has 0 spiro atoms. The fourth-order valence-corrected chi connectivity index (χ4v) is 1.98. The van der Waals surface area contributed by atoms with Crippen molar-refractivity contribution in [2.45, 2.75) is 32.2 Å². The molecule has 0 unspecified atom stereocenters. The zero-order valence-corrected chi connectivity index (χ0v) is 11.3. The van der Waals surface area contributed by atoms with Crippen molar-refractivity contribution in [1.29, 1.82) is 0 Å². The van der Waals surface area contributed by atoms with E-state index in [1.807, 2.05) is 25.0 Å². The minimum Gasteiger partial charge on any atom is -0.433 e. The average Bonchev–Trinajstić information content (AvgIpc) is 3.18. The topological polar surface area (TPSA) is 66.0 Å². The third-order valence-electron chi connectivity index (χ3n) is 2.90. The van der Waals surface area contributed by atoms with Crippen molar-refractivity contribution in [3.05, 3.63) is 29.8 Å². The number of ether oxygens (including phenoxy) is 1. The van der Waals surface area contributed by atoms with E-state index in [0.717, 1.165) is 18.7 Å². The minimum atomic E-state index is -0.561. The van der Waals surface area contributed by atoms with Gasteiger partial charge in [0.2, 0.25) is 0 Å². The van der Waals surface area contributed by atoms with Crippen LogP contribution in [0.15, 0.2) is 24.3 Å². The summed E-state index contributed by atoms with van der Waals surface area (Å²) < 4.78 is 10.5. The van der Waals surface area contributed by atoms with Crippen molar-refractivity contribution in [2.75, 3.05) is 11.8 Å². The molecule has 0 saturated carbocycles. The van der Waals surface area contributed by atoms with Gasteiger partial charge in [-0.05, 0) is 30.9 Å². The van der Waals surface area contributed by atoms with Crippen LogP contribution in [0.4, 0.5) is 5.69 Å². The molecule has 0 aliphatic carbocycles. The third-order valence-corrected chi connectivity index (χ3v) is 2.90. The van der Waals surface area contributed by atoms with Crippen LogP contribution in [0, 0.1) is 0 Å². The van der Waals surface area contributed by atoms with Gasteiger partial charge in [0, 0.05) is 5.69 Å². The van der Waals surface area contributed by atoms with Crippen LogP contribution >= 0.6 is 0 Å². The normalized spacial score (nSPS) is 18.8. The number of hydroxylamine groups is 1. The van der Waals surface area contributed by atoms with Gasteiger partial charge >= 0.3 is 14.5 Å². The molecule has 1 fully saturated rings. The molecule has 1 aromatic carbocycles. The molecular weight excluding hydrogens is 242 g/mol. The summed E-state index contributed by atoms with van der Waals surface area (Å²) in [4.78, 5) is 0. The highest BCUT2D eigenvalue weighted by atomic mass is 16.6. The summed E-state index contributed by atoms with van der Waals surface area (Å²) in [6, 6.07) is 8.12. The molecule has 0 amide bonds. The number of rotatable bonds is 8. The first-order valence-electron chi connectivity index (χ1n) is 6.53. The van der Waals surface area contributed by atoms with Crippen LogP contribution in [0.5, 0.6) is 0 Å². The zero-order valence-electron chi connectivity index (χ0n) is 11.3. The van der Waals surface area contributed by atoms with Crippen molar-refractivity contribution >= 4 is 20.2 Å². The van der Waals surface area contributed by atoms with Crippen LogP contribution in [0.2, 0.25) is 13.6 Å². The standard InChI is InChI=1S/C12H19B2N2O3/c1-13-19-16-11(12-8-18-12)7-9-4-3-5-10(6-9)15-14(2)17/h3-6,11-12,15-17H,7-8H2,1-2H3/t11-,12+/m0/s1. The molecule has 1 aromatic rings. The molecule has 0 aromatic heterocycles. The highest BCUT2D eigenvalue weighted by Gasteiger charge is 2.32. The van der Waals surface area contributed by atoms with E-state index < -0.39 is 7.05 Å². The van der Waals surface area contributed by atoms with E-state index in [2.05, 4.69) is 16.8 Å². The maximum atomic E-state index is 9.33. The lowest BCUT2D eigenvalue weighted by atomic mass is 9.88. The Morgan fingerprint density at radius 3 is 3.05 bits per heavy atom. The Balaban J connectivity index is 1.95. The Bertz CT molecular complexity index is 402. The number of anilines is 1. The summed E-state index contributed by atoms with van der Waals surface area (Å²) in [5.74, 6) is 0. The summed E-state index contributed by atoms with van der Waals surface area (Å²) >= 11 is 0. The molecular formula is C12H19B2N2O3. The van der Waals surface area contributed by atoms with E-state index in [0.29, 0.717) is 0 Å². The van der Waals surface area contributed by atoms with Gasteiger partial charge in [-0.25, -0.2) is 5.48 Å².